The lowest BCUT2D eigenvalue weighted by Gasteiger charge is -2.60. The summed E-state index contributed by atoms with van der Waals surface area (Å²) in [6.07, 6.45) is 6.05. The molecule has 0 spiro atoms. The van der Waals surface area contributed by atoms with Gasteiger partial charge in [0.1, 0.15) is 6.61 Å². The van der Waals surface area contributed by atoms with Crippen LogP contribution in [0.4, 0.5) is 0 Å². The average molecular weight is 619 g/mol. The summed E-state index contributed by atoms with van der Waals surface area (Å²) in [5.74, 6) is 0.622. The minimum absolute atomic E-state index is 0.0294. The third-order valence-electron chi connectivity index (χ3n) is 11.7. The van der Waals surface area contributed by atoms with Crippen molar-refractivity contribution in [1.82, 2.24) is 0 Å². The van der Waals surface area contributed by atoms with E-state index in [0.29, 0.717) is 12.8 Å². The van der Waals surface area contributed by atoms with Crippen molar-refractivity contribution in [2.75, 3.05) is 6.61 Å². The number of thioether (sulfide) groups is 1. The van der Waals surface area contributed by atoms with Gasteiger partial charge in [0, 0.05) is 33.0 Å². The first-order valence-corrected chi connectivity index (χ1v) is 16.8. The molecule has 4 fully saturated rings. The van der Waals surface area contributed by atoms with Crippen LogP contribution in [-0.4, -0.2) is 56.7 Å². The normalized spacial score (nSPS) is 40.5. The number of fused-ring (bicyclic) bond motifs is 7. The van der Waals surface area contributed by atoms with E-state index in [1.54, 1.807) is 11.8 Å². The van der Waals surface area contributed by atoms with E-state index in [0.717, 1.165) is 40.2 Å². The Morgan fingerprint density at radius 1 is 1.02 bits per heavy atom. The predicted octanol–water partition coefficient (Wildman–Crippen LogP) is 4.87. The number of rotatable bonds is 7. The highest BCUT2D eigenvalue weighted by Gasteiger charge is 2.75. The van der Waals surface area contributed by atoms with E-state index in [4.69, 9.17) is 9.47 Å². The number of ether oxygens (including phenoxy) is 2. The van der Waals surface area contributed by atoms with Crippen molar-refractivity contribution in [2.24, 2.45) is 28.6 Å². The summed E-state index contributed by atoms with van der Waals surface area (Å²) >= 11 is 1.72. The van der Waals surface area contributed by atoms with Crippen LogP contribution in [0.5, 0.6) is 0 Å². The Morgan fingerprint density at radius 3 is 2.45 bits per heavy atom. The van der Waals surface area contributed by atoms with Gasteiger partial charge in [0.25, 0.3) is 0 Å². The van der Waals surface area contributed by atoms with E-state index in [1.165, 1.54) is 5.57 Å². The SMILES string of the molecule is C[C@]12C=CC(O)C=C1CC[C@@H]1[C@@H]2[C@@H](O)C[C@@]2(C)[C@H]1C[C@H]1O[C@@H](c3ccc(CSc4ccc(CO)cc4)cc3)O[C@]12C(=O)CO. The molecule has 8 heteroatoms. The molecule has 1 saturated heterocycles. The van der Waals surface area contributed by atoms with Crippen LogP contribution < -0.4 is 0 Å². The van der Waals surface area contributed by atoms with Crippen molar-refractivity contribution in [2.45, 2.75) is 87.0 Å². The van der Waals surface area contributed by atoms with Gasteiger partial charge in [-0.3, -0.25) is 4.79 Å². The lowest BCUT2D eigenvalue weighted by molar-refractivity contribution is -0.201. The zero-order valence-electron chi connectivity index (χ0n) is 25.3. The second-order valence-corrected chi connectivity index (χ2v) is 14.9. The van der Waals surface area contributed by atoms with E-state index in [1.807, 2.05) is 60.7 Å². The van der Waals surface area contributed by atoms with Crippen LogP contribution in [-0.2, 0) is 26.6 Å². The van der Waals surface area contributed by atoms with Gasteiger partial charge in [0.15, 0.2) is 17.7 Å². The van der Waals surface area contributed by atoms with E-state index in [-0.39, 0.29) is 35.6 Å². The number of allylic oxidation sites excluding steroid dienone is 2. The minimum atomic E-state index is -1.34. The number of benzene rings is 2. The second-order valence-electron chi connectivity index (χ2n) is 13.8. The molecule has 4 aliphatic carbocycles. The van der Waals surface area contributed by atoms with Crippen molar-refractivity contribution in [1.29, 1.82) is 0 Å². The van der Waals surface area contributed by atoms with Crippen LogP contribution in [0.3, 0.4) is 0 Å². The highest BCUT2D eigenvalue weighted by molar-refractivity contribution is 7.98. The molecule has 0 aromatic heterocycles. The zero-order valence-corrected chi connectivity index (χ0v) is 26.1. The Hall–Kier alpha value is -2.30. The lowest BCUT2D eigenvalue weighted by atomic mass is 9.46. The van der Waals surface area contributed by atoms with Gasteiger partial charge in [0.2, 0.25) is 0 Å². The topological polar surface area (TPSA) is 116 Å². The van der Waals surface area contributed by atoms with Crippen molar-refractivity contribution in [3.8, 4) is 0 Å². The molecule has 0 amide bonds. The van der Waals surface area contributed by atoms with Crippen LogP contribution in [0.25, 0.3) is 0 Å². The molecule has 3 saturated carbocycles. The predicted molar refractivity (Wildman–Crippen MR) is 166 cm³/mol. The first-order chi connectivity index (χ1) is 21.1. The van der Waals surface area contributed by atoms with Gasteiger partial charge >= 0.3 is 0 Å². The summed E-state index contributed by atoms with van der Waals surface area (Å²) in [5, 5.41) is 41.6. The van der Waals surface area contributed by atoms with Crippen LogP contribution in [0.15, 0.2) is 77.2 Å². The molecular formula is C36H42O7S. The number of aliphatic hydroxyl groups is 4. The smallest absolute Gasteiger partial charge is 0.193 e. The Bertz CT molecular complexity index is 1470. The first-order valence-electron chi connectivity index (χ1n) is 15.8. The number of Topliss-reactive ketones (excluding diaryl/α,β-unsaturated/α-hetero) is 1. The highest BCUT2D eigenvalue weighted by Crippen LogP contribution is 2.70. The van der Waals surface area contributed by atoms with Gasteiger partial charge in [-0.1, -0.05) is 74.0 Å². The number of carbonyl (C=O) groups is 1. The van der Waals surface area contributed by atoms with E-state index in [9.17, 15) is 25.2 Å². The van der Waals surface area contributed by atoms with E-state index >= 15 is 0 Å². The maximum absolute atomic E-state index is 13.8. The van der Waals surface area contributed by atoms with Crippen molar-refractivity contribution in [3.63, 3.8) is 0 Å². The van der Waals surface area contributed by atoms with Crippen molar-refractivity contribution < 1.29 is 34.7 Å². The molecule has 44 heavy (non-hydrogen) atoms. The molecule has 0 radical (unpaired) electrons. The minimum Gasteiger partial charge on any atom is -0.393 e. The third kappa shape index (κ3) is 4.52. The maximum Gasteiger partial charge on any atom is 0.193 e. The Kier molecular flexibility index (Phi) is 7.72. The largest absolute Gasteiger partial charge is 0.393 e. The molecular weight excluding hydrogens is 576 g/mol. The number of hydrogen-bond acceptors (Lipinski definition) is 8. The van der Waals surface area contributed by atoms with Crippen LogP contribution in [0.2, 0.25) is 0 Å². The average Bonchev–Trinajstić information content (AvgIpc) is 3.53. The highest BCUT2D eigenvalue weighted by atomic mass is 32.2. The molecule has 2 aromatic rings. The van der Waals surface area contributed by atoms with Crippen molar-refractivity contribution in [3.05, 3.63) is 89.0 Å². The molecule has 7 nitrogen and oxygen atoms in total. The number of aliphatic hydroxyl groups excluding tert-OH is 4. The molecule has 10 atom stereocenters. The maximum atomic E-state index is 13.8. The zero-order chi connectivity index (χ0) is 30.9. The summed E-state index contributed by atoms with van der Waals surface area (Å²) < 4.78 is 13.3. The van der Waals surface area contributed by atoms with Crippen LogP contribution >= 0.6 is 11.8 Å². The number of hydrogen-bond donors (Lipinski definition) is 4. The summed E-state index contributed by atoms with van der Waals surface area (Å²) in [6, 6.07) is 16.0. The molecule has 2 aromatic carbocycles. The fourth-order valence-electron chi connectivity index (χ4n) is 9.58. The van der Waals surface area contributed by atoms with E-state index < -0.39 is 42.2 Å². The summed E-state index contributed by atoms with van der Waals surface area (Å²) in [4.78, 5) is 14.9. The molecule has 0 bridgehead atoms. The molecule has 7 rings (SSSR count). The molecule has 5 aliphatic rings. The summed E-state index contributed by atoms with van der Waals surface area (Å²) in [5.41, 5.74) is 1.65. The van der Waals surface area contributed by atoms with Gasteiger partial charge in [-0.15, -0.1) is 11.8 Å². The van der Waals surface area contributed by atoms with Crippen molar-refractivity contribution >= 4 is 17.5 Å². The molecule has 4 N–H and O–H groups in total. The van der Waals surface area contributed by atoms with Gasteiger partial charge in [-0.2, -0.15) is 0 Å². The lowest BCUT2D eigenvalue weighted by Crippen LogP contribution is -2.63. The number of ketones is 1. The van der Waals surface area contributed by atoms with Gasteiger partial charge in [-0.25, -0.2) is 0 Å². The Labute approximate surface area is 263 Å². The van der Waals surface area contributed by atoms with Gasteiger partial charge in [0.05, 0.1) is 24.9 Å². The molecule has 1 aliphatic heterocycles. The standard InChI is InChI=1S/C36H42O7S/c1-34-14-13-25(39)15-24(34)9-12-27-28-16-31-36(30(41)19-38,35(28,2)17-29(40)32(27)34)43-33(42-31)23-7-3-22(4-8-23)20-44-26-10-5-21(18-37)6-11-26/h3-8,10-11,13-15,25,27-29,31-33,37-40H,9,12,16-20H2,1-2H3/t25?,27-,28-,29-,31+,32+,33+,34-,35-,36+/m0/s1. The van der Waals surface area contributed by atoms with Gasteiger partial charge in [-0.05, 0) is 60.8 Å². The fourth-order valence-corrected chi connectivity index (χ4v) is 10.4. The van der Waals surface area contributed by atoms with Crippen LogP contribution in [0, 0.1) is 28.6 Å². The Morgan fingerprint density at radius 2 is 1.75 bits per heavy atom. The molecule has 234 valence electrons. The second kappa shape index (κ2) is 11.2. The van der Waals surface area contributed by atoms with E-state index in [2.05, 4.69) is 19.9 Å². The summed E-state index contributed by atoms with van der Waals surface area (Å²) in [7, 11) is 0. The Balaban J connectivity index is 1.12. The molecule has 1 unspecified atom stereocenters. The van der Waals surface area contributed by atoms with Gasteiger partial charge < -0.3 is 29.9 Å². The monoisotopic (exact) mass is 618 g/mol. The van der Waals surface area contributed by atoms with Crippen LogP contribution in [0.1, 0.15) is 62.5 Å². The third-order valence-corrected chi connectivity index (χ3v) is 12.7. The quantitative estimate of drug-likeness (QED) is 0.257. The fraction of sp³-hybridized carbons (Fsp3) is 0.528. The summed E-state index contributed by atoms with van der Waals surface area (Å²) in [6.45, 7) is 3.64. The molecule has 1 heterocycles. The first kappa shape index (κ1) is 30.4. The number of carbonyl (C=O) groups excluding carboxylic acids is 1.